The second kappa shape index (κ2) is 12.3. The number of aromatic hydroxyl groups is 4. The summed E-state index contributed by atoms with van der Waals surface area (Å²) >= 11 is 0. The molecule has 2 unspecified atom stereocenters. The number of aliphatic hydroxyl groups excluding tert-OH is 4. The van der Waals surface area contributed by atoms with Crippen molar-refractivity contribution >= 4 is 12.2 Å². The maximum Gasteiger partial charge on any atom is 0.229 e. The molecule has 8 N–H and O–H groups in total. The predicted octanol–water partition coefficient (Wildman–Crippen LogP) is 3.12. The molecule has 11 nitrogen and oxygen atoms in total. The molecular formula is C34H32O11. The van der Waals surface area contributed by atoms with Crippen LogP contribution in [-0.4, -0.2) is 78.2 Å². The number of phenols is 4. The molecule has 0 amide bonds. The van der Waals surface area contributed by atoms with E-state index < -0.39 is 49.3 Å². The Hall–Kier alpha value is -4.78. The van der Waals surface area contributed by atoms with Gasteiger partial charge in [0.1, 0.15) is 65.0 Å². The van der Waals surface area contributed by atoms with E-state index in [9.17, 15) is 40.9 Å². The van der Waals surface area contributed by atoms with Crippen molar-refractivity contribution in [2.45, 2.75) is 42.7 Å². The number of phenolic OH excluding ortho intramolecular Hbond substituents is 4. The number of hydrogen-bond acceptors (Lipinski definition) is 11. The van der Waals surface area contributed by atoms with E-state index in [1.54, 1.807) is 54.6 Å². The number of rotatable bonds is 7. The summed E-state index contributed by atoms with van der Waals surface area (Å²) in [7, 11) is 0. The molecular weight excluding hydrogens is 584 g/mol. The van der Waals surface area contributed by atoms with E-state index in [0.29, 0.717) is 16.9 Å². The summed E-state index contributed by atoms with van der Waals surface area (Å²) < 4.78 is 17.4. The Morgan fingerprint density at radius 3 is 2.04 bits per heavy atom. The van der Waals surface area contributed by atoms with E-state index in [-0.39, 0.29) is 28.7 Å². The van der Waals surface area contributed by atoms with Crippen LogP contribution in [0, 0.1) is 0 Å². The minimum atomic E-state index is -1.61. The quantitative estimate of drug-likeness (QED) is 0.142. The van der Waals surface area contributed by atoms with Crippen LogP contribution in [0.5, 0.6) is 34.5 Å². The molecule has 4 aromatic rings. The molecule has 2 heterocycles. The SMILES string of the molecule is OC[C@H]1O[C@@H](Oc2cc(O)cc(/C=C/c3ccc4c(c3)C(c3cc(O)cc(O)c3)C(c3ccc(O)cc3)O4)c2)[C@H](O)[C@@H](O)[C@@H]1O. The number of ether oxygens (including phenoxy) is 3. The van der Waals surface area contributed by atoms with E-state index in [1.807, 2.05) is 18.2 Å². The van der Waals surface area contributed by atoms with Crippen LogP contribution >= 0.6 is 0 Å². The zero-order valence-electron chi connectivity index (χ0n) is 23.7. The molecule has 11 heteroatoms. The summed E-state index contributed by atoms with van der Waals surface area (Å²) in [6, 6.07) is 21.0. The third-order valence-corrected chi connectivity index (χ3v) is 7.91. The van der Waals surface area contributed by atoms with Crippen molar-refractivity contribution in [3.63, 3.8) is 0 Å². The van der Waals surface area contributed by atoms with Crippen LogP contribution in [0.3, 0.4) is 0 Å². The van der Waals surface area contributed by atoms with Gasteiger partial charge in [-0.05, 0) is 70.8 Å². The van der Waals surface area contributed by atoms with Gasteiger partial charge >= 0.3 is 0 Å². The van der Waals surface area contributed by atoms with E-state index in [4.69, 9.17) is 14.2 Å². The Bertz CT molecular complexity index is 1680. The summed E-state index contributed by atoms with van der Waals surface area (Å²) in [4.78, 5) is 0. The van der Waals surface area contributed by atoms with Crippen LogP contribution in [-0.2, 0) is 4.74 Å². The van der Waals surface area contributed by atoms with E-state index in [1.165, 1.54) is 18.2 Å². The summed E-state index contributed by atoms with van der Waals surface area (Å²) in [5, 5.41) is 80.5. The first-order chi connectivity index (χ1) is 21.6. The van der Waals surface area contributed by atoms with E-state index >= 15 is 0 Å². The standard InChI is InChI=1S/C34H32O11/c35-16-28-30(40)31(41)32(42)34(45-28)43-25-10-18(9-22(37)15-25)2-1-17-3-8-27-26(11-17)29(20-12-23(38)14-24(39)13-20)33(44-27)19-4-6-21(36)7-5-19/h1-15,28-42H,16H2/b2-1+/t28-,29?,30-,31+,32-,33?,34-/m1/s1. The van der Waals surface area contributed by atoms with Gasteiger partial charge < -0.3 is 55.1 Å². The first-order valence-electron chi connectivity index (χ1n) is 14.2. The molecule has 1 fully saturated rings. The molecule has 0 saturated carbocycles. The zero-order valence-corrected chi connectivity index (χ0v) is 23.7. The van der Waals surface area contributed by atoms with Crippen molar-refractivity contribution in [3.05, 3.63) is 107 Å². The van der Waals surface area contributed by atoms with Crippen LogP contribution in [0.25, 0.3) is 12.2 Å². The Kier molecular flexibility index (Phi) is 8.28. The van der Waals surface area contributed by atoms with Crippen LogP contribution < -0.4 is 9.47 Å². The molecule has 4 aromatic carbocycles. The van der Waals surface area contributed by atoms with Gasteiger partial charge in [-0.25, -0.2) is 0 Å². The third kappa shape index (κ3) is 6.25. The summed E-state index contributed by atoms with van der Waals surface area (Å²) in [5.41, 5.74) is 3.54. The molecule has 0 radical (unpaired) electrons. The third-order valence-electron chi connectivity index (χ3n) is 7.91. The molecule has 45 heavy (non-hydrogen) atoms. The highest BCUT2D eigenvalue weighted by atomic mass is 16.7. The van der Waals surface area contributed by atoms with Gasteiger partial charge in [0.05, 0.1) is 12.5 Å². The molecule has 0 spiro atoms. The van der Waals surface area contributed by atoms with Gasteiger partial charge in [-0.1, -0.05) is 30.4 Å². The van der Waals surface area contributed by atoms with Crippen LogP contribution in [0.2, 0.25) is 0 Å². The Morgan fingerprint density at radius 1 is 0.644 bits per heavy atom. The molecule has 234 valence electrons. The minimum absolute atomic E-state index is 0.0930. The van der Waals surface area contributed by atoms with Gasteiger partial charge in [-0.3, -0.25) is 0 Å². The van der Waals surface area contributed by atoms with Gasteiger partial charge in [-0.15, -0.1) is 0 Å². The van der Waals surface area contributed by atoms with Crippen molar-refractivity contribution < 1.29 is 55.1 Å². The molecule has 0 bridgehead atoms. The lowest BCUT2D eigenvalue weighted by Gasteiger charge is -2.39. The lowest BCUT2D eigenvalue weighted by Crippen LogP contribution is -2.60. The normalized spacial score (nSPS) is 26.0. The number of aliphatic hydroxyl groups is 4. The second-order valence-corrected chi connectivity index (χ2v) is 11.1. The van der Waals surface area contributed by atoms with E-state index in [2.05, 4.69) is 0 Å². The maximum atomic E-state index is 10.3. The molecule has 0 aliphatic carbocycles. The molecule has 2 aliphatic heterocycles. The largest absolute Gasteiger partial charge is 0.508 e. The number of benzene rings is 4. The molecule has 1 saturated heterocycles. The van der Waals surface area contributed by atoms with Gasteiger partial charge in [0.2, 0.25) is 6.29 Å². The fourth-order valence-electron chi connectivity index (χ4n) is 5.73. The topological polar surface area (TPSA) is 190 Å². The van der Waals surface area contributed by atoms with Crippen molar-refractivity contribution in [2.24, 2.45) is 0 Å². The first-order valence-corrected chi connectivity index (χ1v) is 14.2. The minimum Gasteiger partial charge on any atom is -0.508 e. The average Bonchev–Trinajstić information content (AvgIpc) is 3.39. The van der Waals surface area contributed by atoms with Crippen LogP contribution in [0.4, 0.5) is 0 Å². The van der Waals surface area contributed by atoms with Gasteiger partial charge in [0, 0.05) is 17.7 Å². The van der Waals surface area contributed by atoms with Crippen LogP contribution in [0.1, 0.15) is 39.8 Å². The highest BCUT2D eigenvalue weighted by molar-refractivity contribution is 5.72. The molecule has 6 rings (SSSR count). The van der Waals surface area contributed by atoms with Gasteiger partial charge in [0.15, 0.2) is 0 Å². The Morgan fingerprint density at radius 2 is 1.33 bits per heavy atom. The second-order valence-electron chi connectivity index (χ2n) is 11.1. The Balaban J connectivity index is 1.28. The highest BCUT2D eigenvalue weighted by Gasteiger charge is 2.44. The Labute approximate surface area is 257 Å². The molecule has 7 atom stereocenters. The smallest absolute Gasteiger partial charge is 0.229 e. The monoisotopic (exact) mass is 616 g/mol. The predicted molar refractivity (Wildman–Crippen MR) is 161 cm³/mol. The lowest BCUT2D eigenvalue weighted by atomic mass is 9.84. The first kappa shape index (κ1) is 30.3. The summed E-state index contributed by atoms with van der Waals surface area (Å²) in [5.74, 6) is 0.110. The zero-order chi connectivity index (χ0) is 31.8. The van der Waals surface area contributed by atoms with E-state index in [0.717, 1.165) is 16.7 Å². The fraction of sp³-hybridized carbons (Fsp3) is 0.235. The highest BCUT2D eigenvalue weighted by Crippen LogP contribution is 2.51. The molecule has 0 aromatic heterocycles. The fourth-order valence-corrected chi connectivity index (χ4v) is 5.73. The average molecular weight is 617 g/mol. The number of hydrogen-bond donors (Lipinski definition) is 8. The van der Waals surface area contributed by atoms with Crippen molar-refractivity contribution in [1.82, 2.24) is 0 Å². The summed E-state index contributed by atoms with van der Waals surface area (Å²) in [6.07, 6.45) is -4.27. The maximum absolute atomic E-state index is 10.3. The van der Waals surface area contributed by atoms with Gasteiger partial charge in [0.25, 0.3) is 0 Å². The van der Waals surface area contributed by atoms with Crippen LogP contribution in [0.15, 0.2) is 78.9 Å². The molecule has 2 aliphatic rings. The summed E-state index contributed by atoms with van der Waals surface area (Å²) in [6.45, 7) is -0.603. The van der Waals surface area contributed by atoms with Gasteiger partial charge in [-0.2, -0.15) is 0 Å². The van der Waals surface area contributed by atoms with Crippen molar-refractivity contribution in [3.8, 4) is 34.5 Å². The number of fused-ring (bicyclic) bond motifs is 1. The van der Waals surface area contributed by atoms with Crippen molar-refractivity contribution in [2.75, 3.05) is 6.61 Å². The lowest BCUT2D eigenvalue weighted by molar-refractivity contribution is -0.277. The van der Waals surface area contributed by atoms with Crippen molar-refractivity contribution in [1.29, 1.82) is 0 Å².